The van der Waals surface area contributed by atoms with Crippen molar-refractivity contribution in [2.45, 2.75) is 13.0 Å². The van der Waals surface area contributed by atoms with E-state index in [2.05, 4.69) is 5.16 Å². The maximum atomic E-state index is 11.0. The quantitative estimate of drug-likeness (QED) is 0.487. The first-order valence-electron chi connectivity index (χ1n) is 6.62. The van der Waals surface area contributed by atoms with Gasteiger partial charge in [-0.3, -0.25) is 4.79 Å². The van der Waals surface area contributed by atoms with E-state index >= 15 is 0 Å². The molecular formula is C16H16ClN3O2. The van der Waals surface area contributed by atoms with E-state index in [0.717, 1.165) is 11.1 Å². The fourth-order valence-electron chi connectivity index (χ4n) is 1.82. The molecule has 0 aliphatic rings. The summed E-state index contributed by atoms with van der Waals surface area (Å²) in [5, 5.41) is 4.50. The maximum absolute atomic E-state index is 11.0. The fourth-order valence-corrected chi connectivity index (χ4v) is 2.03. The third-order valence-corrected chi connectivity index (χ3v) is 3.35. The number of nitrogens with two attached hydrogens (primary N) is 2. The second kappa shape index (κ2) is 7.47. The van der Waals surface area contributed by atoms with Crippen LogP contribution in [0.5, 0.6) is 0 Å². The number of hydrogen-bond donors (Lipinski definition) is 2. The highest BCUT2D eigenvalue weighted by molar-refractivity contribution is 6.31. The third kappa shape index (κ3) is 4.49. The van der Waals surface area contributed by atoms with Crippen LogP contribution in [0.25, 0.3) is 0 Å². The molecule has 0 saturated heterocycles. The normalized spacial score (nSPS) is 11.2. The number of amides is 1. The molecule has 1 amide bonds. The van der Waals surface area contributed by atoms with Crippen molar-refractivity contribution in [3.63, 3.8) is 0 Å². The molecule has 0 radical (unpaired) electrons. The van der Waals surface area contributed by atoms with Crippen LogP contribution in [0.3, 0.4) is 0 Å². The van der Waals surface area contributed by atoms with Crippen LogP contribution in [-0.2, 0) is 17.9 Å². The topological polar surface area (TPSA) is 90.7 Å². The molecule has 2 rings (SSSR count). The highest BCUT2D eigenvalue weighted by Crippen LogP contribution is 2.15. The lowest BCUT2D eigenvalue weighted by molar-refractivity contribution is 0.1000. The Morgan fingerprint density at radius 2 is 1.77 bits per heavy atom. The molecule has 0 spiro atoms. The first-order valence-corrected chi connectivity index (χ1v) is 7.00. The number of primary amides is 1. The van der Waals surface area contributed by atoms with Gasteiger partial charge in [0, 0.05) is 17.0 Å². The van der Waals surface area contributed by atoms with E-state index in [4.69, 9.17) is 27.9 Å². The van der Waals surface area contributed by atoms with Crippen molar-refractivity contribution < 1.29 is 9.63 Å². The van der Waals surface area contributed by atoms with E-state index in [1.54, 1.807) is 30.3 Å². The smallest absolute Gasteiger partial charge is 0.248 e. The Balaban J connectivity index is 1.89. The minimum atomic E-state index is -0.463. The molecule has 4 N–H and O–H groups in total. The van der Waals surface area contributed by atoms with Crippen LogP contribution in [0.1, 0.15) is 21.5 Å². The molecule has 0 aliphatic heterocycles. The van der Waals surface area contributed by atoms with Crippen LogP contribution >= 0.6 is 11.6 Å². The molecular weight excluding hydrogens is 302 g/mol. The van der Waals surface area contributed by atoms with Crippen LogP contribution in [0, 0.1) is 0 Å². The minimum Gasteiger partial charge on any atom is -0.390 e. The number of amidine groups is 1. The molecule has 2 aromatic rings. The van der Waals surface area contributed by atoms with E-state index < -0.39 is 5.91 Å². The molecule has 0 bridgehead atoms. The summed E-state index contributed by atoms with van der Waals surface area (Å²) >= 11 is 6.05. The zero-order chi connectivity index (χ0) is 15.9. The van der Waals surface area contributed by atoms with Gasteiger partial charge in [-0.2, -0.15) is 0 Å². The van der Waals surface area contributed by atoms with Crippen LogP contribution in [0.4, 0.5) is 0 Å². The summed E-state index contributed by atoms with van der Waals surface area (Å²) in [5.41, 5.74) is 13.2. The lowest BCUT2D eigenvalue weighted by Gasteiger charge is -2.05. The predicted octanol–water partition coefficient (Wildman–Crippen LogP) is 2.47. The Morgan fingerprint density at radius 1 is 1.09 bits per heavy atom. The SMILES string of the molecule is NC(=O)c1ccc(CON=C(N)Cc2ccccc2Cl)cc1. The average molecular weight is 318 g/mol. The first-order chi connectivity index (χ1) is 10.6. The van der Waals surface area contributed by atoms with E-state index in [1.165, 1.54) is 0 Å². The molecule has 5 nitrogen and oxygen atoms in total. The molecule has 0 aliphatic carbocycles. The summed E-state index contributed by atoms with van der Waals surface area (Å²) in [5.74, 6) is -0.128. The van der Waals surface area contributed by atoms with Gasteiger partial charge in [0.05, 0.1) is 0 Å². The van der Waals surface area contributed by atoms with Crippen molar-refractivity contribution in [2.24, 2.45) is 16.6 Å². The van der Waals surface area contributed by atoms with Gasteiger partial charge in [0.1, 0.15) is 12.4 Å². The molecule has 114 valence electrons. The number of carbonyl (C=O) groups is 1. The Bertz CT molecular complexity index is 684. The van der Waals surface area contributed by atoms with Crippen molar-refractivity contribution >= 4 is 23.3 Å². The van der Waals surface area contributed by atoms with Gasteiger partial charge in [-0.05, 0) is 29.3 Å². The first kappa shape index (κ1) is 15.9. The summed E-state index contributed by atoms with van der Waals surface area (Å²) in [6.45, 7) is 0.252. The molecule has 6 heteroatoms. The standard InChI is InChI=1S/C16H16ClN3O2/c17-14-4-2-1-3-13(14)9-15(18)20-22-10-11-5-7-12(8-6-11)16(19)21/h1-8H,9-10H2,(H2,18,20)(H2,19,21). The molecule has 0 aromatic heterocycles. The molecule has 0 unspecified atom stereocenters. The summed E-state index contributed by atoms with van der Waals surface area (Å²) < 4.78 is 0. The van der Waals surface area contributed by atoms with Crippen molar-refractivity contribution in [2.75, 3.05) is 0 Å². The predicted molar refractivity (Wildman–Crippen MR) is 86.5 cm³/mol. The van der Waals surface area contributed by atoms with Crippen molar-refractivity contribution in [1.82, 2.24) is 0 Å². The van der Waals surface area contributed by atoms with E-state index in [9.17, 15) is 4.79 Å². The number of rotatable bonds is 6. The highest BCUT2D eigenvalue weighted by Gasteiger charge is 2.03. The van der Waals surface area contributed by atoms with Gasteiger partial charge in [0.2, 0.25) is 5.91 Å². The Labute approximate surface area is 133 Å². The second-order valence-electron chi connectivity index (χ2n) is 4.69. The number of nitrogens with zero attached hydrogens (tertiary/aromatic N) is 1. The minimum absolute atomic E-state index is 0.252. The number of benzene rings is 2. The molecule has 22 heavy (non-hydrogen) atoms. The van der Waals surface area contributed by atoms with Gasteiger partial charge in [0.25, 0.3) is 0 Å². The largest absolute Gasteiger partial charge is 0.390 e. The van der Waals surface area contributed by atoms with Crippen LogP contribution < -0.4 is 11.5 Å². The van der Waals surface area contributed by atoms with E-state index in [0.29, 0.717) is 22.8 Å². The number of carbonyl (C=O) groups excluding carboxylic acids is 1. The van der Waals surface area contributed by atoms with E-state index in [1.807, 2.05) is 18.2 Å². The van der Waals surface area contributed by atoms with Crippen molar-refractivity contribution in [1.29, 1.82) is 0 Å². The molecule has 0 heterocycles. The zero-order valence-electron chi connectivity index (χ0n) is 11.8. The monoisotopic (exact) mass is 317 g/mol. The number of oxime groups is 1. The fraction of sp³-hybridized carbons (Fsp3) is 0.125. The maximum Gasteiger partial charge on any atom is 0.248 e. The Morgan fingerprint density at radius 3 is 2.41 bits per heavy atom. The number of hydrogen-bond acceptors (Lipinski definition) is 3. The summed E-state index contributed by atoms with van der Waals surface area (Å²) in [6.07, 6.45) is 0.417. The third-order valence-electron chi connectivity index (χ3n) is 2.98. The van der Waals surface area contributed by atoms with Gasteiger partial charge in [0.15, 0.2) is 0 Å². The second-order valence-corrected chi connectivity index (χ2v) is 5.09. The Hall–Kier alpha value is -2.53. The van der Waals surface area contributed by atoms with Gasteiger partial charge in [-0.15, -0.1) is 0 Å². The van der Waals surface area contributed by atoms with Crippen LogP contribution in [0.2, 0.25) is 5.02 Å². The van der Waals surface area contributed by atoms with Gasteiger partial charge < -0.3 is 16.3 Å². The summed E-state index contributed by atoms with van der Waals surface area (Å²) in [4.78, 5) is 16.2. The van der Waals surface area contributed by atoms with Gasteiger partial charge in [-0.25, -0.2) is 0 Å². The lowest BCUT2D eigenvalue weighted by atomic mass is 10.1. The van der Waals surface area contributed by atoms with Gasteiger partial charge >= 0.3 is 0 Å². The van der Waals surface area contributed by atoms with Crippen molar-refractivity contribution in [3.05, 3.63) is 70.2 Å². The lowest BCUT2D eigenvalue weighted by Crippen LogP contribution is -2.15. The van der Waals surface area contributed by atoms with Crippen molar-refractivity contribution in [3.8, 4) is 0 Å². The Kier molecular flexibility index (Phi) is 5.38. The summed E-state index contributed by atoms with van der Waals surface area (Å²) in [6, 6.07) is 14.2. The van der Waals surface area contributed by atoms with Gasteiger partial charge in [-0.1, -0.05) is 47.1 Å². The van der Waals surface area contributed by atoms with Crippen LogP contribution in [-0.4, -0.2) is 11.7 Å². The highest BCUT2D eigenvalue weighted by atomic mass is 35.5. The number of halogens is 1. The molecule has 0 saturated carbocycles. The molecule has 0 fully saturated rings. The summed E-state index contributed by atoms with van der Waals surface area (Å²) in [7, 11) is 0. The molecule has 2 aromatic carbocycles. The molecule has 0 atom stereocenters. The average Bonchev–Trinajstić information content (AvgIpc) is 2.50. The zero-order valence-corrected chi connectivity index (χ0v) is 12.6. The van der Waals surface area contributed by atoms with E-state index in [-0.39, 0.29) is 6.61 Å². The van der Waals surface area contributed by atoms with Crippen LogP contribution in [0.15, 0.2) is 53.7 Å².